The number of piperidine rings is 1. The third-order valence-corrected chi connectivity index (χ3v) is 5.29. The fraction of sp³-hybridized carbons (Fsp3) is 0.294. The monoisotopic (exact) mass is 395 g/mol. The van der Waals surface area contributed by atoms with Gasteiger partial charge >= 0.3 is 0 Å². The van der Waals surface area contributed by atoms with Crippen LogP contribution in [0.2, 0.25) is 0 Å². The Bertz CT molecular complexity index is 988. The van der Waals surface area contributed by atoms with Gasteiger partial charge in [-0.3, -0.25) is 4.98 Å². The molecule has 3 aliphatic rings. The van der Waals surface area contributed by atoms with Gasteiger partial charge in [0.15, 0.2) is 0 Å². The molecule has 0 spiro atoms. The molecule has 3 fully saturated rings. The Labute approximate surface area is 152 Å². The number of hydrogen-bond acceptors (Lipinski definition) is 6. The summed E-state index contributed by atoms with van der Waals surface area (Å²) in [5.74, 6) is 0.903. The van der Waals surface area contributed by atoms with Crippen LogP contribution in [-0.4, -0.2) is 44.8 Å². The smallest absolute Gasteiger partial charge is 0.147 e. The number of nitrogens with one attached hydrogen (secondary N) is 1. The Morgan fingerprint density at radius 1 is 1.20 bits per heavy atom. The SMILES string of the molecule is N#Cc1cnn2cc(Br)cc(-c3cnc(N4CC5CC(C4)N5)cn3)c12. The lowest BCUT2D eigenvalue weighted by Gasteiger charge is -2.48. The van der Waals surface area contributed by atoms with E-state index in [4.69, 9.17) is 0 Å². The molecule has 0 aliphatic carbocycles. The molecule has 0 saturated carbocycles. The molecule has 8 heteroatoms. The first kappa shape index (κ1) is 14.8. The van der Waals surface area contributed by atoms with Crippen LogP contribution in [0, 0.1) is 11.3 Å². The summed E-state index contributed by atoms with van der Waals surface area (Å²) < 4.78 is 2.56. The van der Waals surface area contributed by atoms with Gasteiger partial charge in [0.1, 0.15) is 11.9 Å². The van der Waals surface area contributed by atoms with Gasteiger partial charge in [-0.05, 0) is 28.4 Å². The van der Waals surface area contributed by atoms with Crippen LogP contribution in [-0.2, 0) is 0 Å². The zero-order valence-electron chi connectivity index (χ0n) is 13.2. The number of nitriles is 1. The zero-order valence-corrected chi connectivity index (χ0v) is 14.8. The van der Waals surface area contributed by atoms with Crippen molar-refractivity contribution in [2.75, 3.05) is 18.0 Å². The lowest BCUT2D eigenvalue weighted by Crippen LogP contribution is -2.67. The first-order valence-corrected chi connectivity index (χ1v) is 8.91. The van der Waals surface area contributed by atoms with E-state index in [0.717, 1.165) is 40.2 Å². The molecule has 0 aromatic carbocycles. The highest BCUT2D eigenvalue weighted by Gasteiger charge is 2.36. The fourth-order valence-corrected chi connectivity index (χ4v) is 4.11. The van der Waals surface area contributed by atoms with Gasteiger partial charge < -0.3 is 10.2 Å². The molecule has 7 nitrogen and oxygen atoms in total. The molecule has 6 heterocycles. The van der Waals surface area contributed by atoms with Crippen LogP contribution in [0.3, 0.4) is 0 Å². The maximum atomic E-state index is 9.34. The van der Waals surface area contributed by atoms with Crippen LogP contribution in [0.25, 0.3) is 16.8 Å². The summed E-state index contributed by atoms with van der Waals surface area (Å²) in [7, 11) is 0. The standard InChI is InChI=1S/C17H14BrN7/c18-11-1-14(17-10(3-19)4-22-25(17)7-11)15-5-21-16(6-20-15)24-8-12-2-13(9-24)23-12/h1,4-7,12-13,23H,2,8-9H2. The predicted octanol–water partition coefficient (Wildman–Crippen LogP) is 1.98. The van der Waals surface area contributed by atoms with Crippen LogP contribution < -0.4 is 10.2 Å². The molecule has 2 atom stereocenters. The Morgan fingerprint density at radius 2 is 2.00 bits per heavy atom. The van der Waals surface area contributed by atoms with E-state index in [9.17, 15) is 5.26 Å². The lowest BCUT2D eigenvalue weighted by atomic mass is 9.91. The molecule has 3 aromatic heterocycles. The second kappa shape index (κ2) is 5.51. The summed E-state index contributed by atoms with van der Waals surface area (Å²) >= 11 is 3.49. The van der Waals surface area contributed by atoms with E-state index < -0.39 is 0 Å². The number of rotatable bonds is 2. The summed E-state index contributed by atoms with van der Waals surface area (Å²) in [6, 6.07) is 5.29. The van der Waals surface area contributed by atoms with Gasteiger partial charge in [-0.2, -0.15) is 10.4 Å². The second-order valence-electron chi connectivity index (χ2n) is 6.50. The molecule has 3 aliphatic heterocycles. The molecular formula is C17H14BrN7. The van der Waals surface area contributed by atoms with Crippen molar-refractivity contribution < 1.29 is 0 Å². The van der Waals surface area contributed by atoms with Gasteiger partial charge in [0.05, 0.1) is 35.4 Å². The first-order valence-electron chi connectivity index (χ1n) is 8.11. The topological polar surface area (TPSA) is 82.1 Å². The Hall–Kier alpha value is -2.50. The minimum absolute atomic E-state index is 0.524. The van der Waals surface area contributed by atoms with Crippen molar-refractivity contribution in [3.63, 3.8) is 0 Å². The maximum absolute atomic E-state index is 9.34. The largest absolute Gasteiger partial charge is 0.352 e. The van der Waals surface area contributed by atoms with Crippen LogP contribution in [0.15, 0.2) is 35.3 Å². The number of hydrogen-bond donors (Lipinski definition) is 1. The van der Waals surface area contributed by atoms with E-state index in [1.54, 1.807) is 16.9 Å². The second-order valence-corrected chi connectivity index (χ2v) is 7.41. The average Bonchev–Trinajstić information content (AvgIpc) is 3.03. The highest BCUT2D eigenvalue weighted by Crippen LogP contribution is 2.30. The van der Waals surface area contributed by atoms with Gasteiger partial charge in [0.2, 0.25) is 0 Å². The quantitative estimate of drug-likeness (QED) is 0.714. The number of aromatic nitrogens is 4. The molecule has 0 radical (unpaired) electrons. The van der Waals surface area contributed by atoms with Crippen molar-refractivity contribution in [3.8, 4) is 17.3 Å². The Balaban J connectivity index is 1.54. The van der Waals surface area contributed by atoms with Crippen molar-refractivity contribution in [3.05, 3.63) is 40.9 Å². The molecule has 124 valence electrons. The molecule has 1 N–H and O–H groups in total. The molecule has 6 rings (SSSR count). The van der Waals surface area contributed by atoms with Crippen molar-refractivity contribution >= 4 is 27.3 Å². The zero-order chi connectivity index (χ0) is 17.0. The van der Waals surface area contributed by atoms with Gasteiger partial charge in [0, 0.05) is 41.4 Å². The number of pyridine rings is 1. The van der Waals surface area contributed by atoms with Crippen LogP contribution >= 0.6 is 15.9 Å². The maximum Gasteiger partial charge on any atom is 0.147 e. The highest BCUT2D eigenvalue weighted by molar-refractivity contribution is 9.10. The van der Waals surface area contributed by atoms with E-state index in [1.807, 2.05) is 18.5 Å². The number of nitrogens with zero attached hydrogens (tertiary/aromatic N) is 6. The number of fused-ring (bicyclic) bond motifs is 3. The normalized spacial score (nSPS) is 21.8. The van der Waals surface area contributed by atoms with Crippen molar-refractivity contribution in [1.29, 1.82) is 5.26 Å². The summed E-state index contributed by atoms with van der Waals surface area (Å²) in [6.45, 7) is 1.96. The Kier molecular flexibility index (Phi) is 3.26. The van der Waals surface area contributed by atoms with Crippen molar-refractivity contribution in [2.45, 2.75) is 18.5 Å². The van der Waals surface area contributed by atoms with E-state index in [0.29, 0.717) is 17.6 Å². The molecule has 0 amide bonds. The van der Waals surface area contributed by atoms with E-state index >= 15 is 0 Å². The van der Waals surface area contributed by atoms with Crippen molar-refractivity contribution in [1.82, 2.24) is 24.9 Å². The first-order chi connectivity index (χ1) is 12.2. The summed E-state index contributed by atoms with van der Waals surface area (Å²) in [4.78, 5) is 11.5. The highest BCUT2D eigenvalue weighted by atomic mass is 79.9. The molecule has 3 saturated heterocycles. The molecule has 25 heavy (non-hydrogen) atoms. The average molecular weight is 396 g/mol. The molecule has 2 bridgehead atoms. The van der Waals surface area contributed by atoms with Gasteiger partial charge in [-0.25, -0.2) is 9.50 Å². The summed E-state index contributed by atoms with van der Waals surface area (Å²) in [6.07, 6.45) is 8.25. The Morgan fingerprint density at radius 3 is 2.68 bits per heavy atom. The van der Waals surface area contributed by atoms with Crippen LogP contribution in [0.1, 0.15) is 12.0 Å². The third kappa shape index (κ3) is 2.39. The third-order valence-electron chi connectivity index (χ3n) is 4.86. The minimum Gasteiger partial charge on any atom is -0.352 e. The van der Waals surface area contributed by atoms with Gasteiger partial charge in [0.25, 0.3) is 0 Å². The summed E-state index contributed by atoms with van der Waals surface area (Å²) in [5, 5.41) is 17.1. The van der Waals surface area contributed by atoms with E-state index in [-0.39, 0.29) is 0 Å². The number of halogens is 1. The molecule has 2 unspecified atom stereocenters. The number of anilines is 1. The van der Waals surface area contributed by atoms with Gasteiger partial charge in [-0.15, -0.1) is 0 Å². The molecule has 3 aromatic rings. The van der Waals surface area contributed by atoms with Crippen molar-refractivity contribution in [2.24, 2.45) is 0 Å². The van der Waals surface area contributed by atoms with Crippen LogP contribution in [0.4, 0.5) is 5.82 Å². The minimum atomic E-state index is 0.524. The molecular weight excluding hydrogens is 382 g/mol. The van der Waals surface area contributed by atoms with Crippen LogP contribution in [0.5, 0.6) is 0 Å². The predicted molar refractivity (Wildman–Crippen MR) is 96.2 cm³/mol. The fourth-order valence-electron chi connectivity index (χ4n) is 3.69. The summed E-state index contributed by atoms with van der Waals surface area (Å²) in [5.41, 5.74) is 2.84. The van der Waals surface area contributed by atoms with Gasteiger partial charge in [-0.1, -0.05) is 0 Å². The lowest BCUT2D eigenvalue weighted by molar-refractivity contribution is 0.225. The van der Waals surface area contributed by atoms with E-state index in [2.05, 4.69) is 47.3 Å². The number of piperazine rings is 1. The van der Waals surface area contributed by atoms with E-state index in [1.165, 1.54) is 6.42 Å².